The van der Waals surface area contributed by atoms with Crippen LogP contribution < -0.4 is 0 Å². The maximum atomic E-state index is 9.71. The number of rotatable bonds is 2. The second-order valence-corrected chi connectivity index (χ2v) is 2.95. The Hall–Kier alpha value is -0.560. The van der Waals surface area contributed by atoms with Gasteiger partial charge in [-0.3, -0.25) is 0 Å². The maximum absolute atomic E-state index is 9.71. The molecule has 0 aromatic heterocycles. The highest BCUT2D eigenvalue weighted by atomic mass is 16.3. The van der Waals surface area contributed by atoms with Gasteiger partial charge in [0.2, 0.25) is 0 Å². The van der Waals surface area contributed by atoms with Gasteiger partial charge in [-0.2, -0.15) is 0 Å². The van der Waals surface area contributed by atoms with Crippen molar-refractivity contribution in [1.29, 1.82) is 0 Å². The van der Waals surface area contributed by atoms with E-state index >= 15 is 0 Å². The lowest BCUT2D eigenvalue weighted by atomic mass is 9.92. The summed E-state index contributed by atoms with van der Waals surface area (Å²) >= 11 is 0. The second kappa shape index (κ2) is 2.59. The highest BCUT2D eigenvalue weighted by Crippen LogP contribution is 2.26. The van der Waals surface area contributed by atoms with Crippen LogP contribution in [0.1, 0.15) is 26.7 Å². The SMILES string of the molecule is CCC(C)(O)C1=CC=CC1. The van der Waals surface area contributed by atoms with Crippen LogP contribution in [0.3, 0.4) is 0 Å². The molecule has 1 rings (SSSR count). The minimum Gasteiger partial charge on any atom is -0.386 e. The Morgan fingerprint density at radius 3 is 2.80 bits per heavy atom. The minimum atomic E-state index is -0.580. The van der Waals surface area contributed by atoms with Crippen LogP contribution in [0, 0.1) is 0 Å². The Morgan fingerprint density at radius 2 is 2.40 bits per heavy atom. The van der Waals surface area contributed by atoms with Gasteiger partial charge in [-0.1, -0.05) is 25.2 Å². The summed E-state index contributed by atoms with van der Waals surface area (Å²) in [5.41, 5.74) is 0.554. The summed E-state index contributed by atoms with van der Waals surface area (Å²) in [6.45, 7) is 3.87. The van der Waals surface area contributed by atoms with Gasteiger partial charge in [0, 0.05) is 0 Å². The van der Waals surface area contributed by atoms with Crippen molar-refractivity contribution in [3.8, 4) is 0 Å². The standard InChI is InChI=1S/C9H14O/c1-3-9(2,10)8-6-4-5-7-8/h4-6,10H,3,7H2,1-2H3. The average molecular weight is 138 g/mol. The van der Waals surface area contributed by atoms with Gasteiger partial charge in [0.05, 0.1) is 5.60 Å². The first-order chi connectivity index (χ1) is 4.67. The Bertz CT molecular complexity index is 175. The molecule has 0 radical (unpaired) electrons. The summed E-state index contributed by atoms with van der Waals surface area (Å²) in [6, 6.07) is 0. The first-order valence-electron chi connectivity index (χ1n) is 3.75. The first-order valence-corrected chi connectivity index (χ1v) is 3.75. The number of hydrogen-bond donors (Lipinski definition) is 1. The molecule has 0 amide bonds. The molecule has 0 fully saturated rings. The van der Waals surface area contributed by atoms with Crippen molar-refractivity contribution >= 4 is 0 Å². The highest BCUT2D eigenvalue weighted by molar-refractivity contribution is 5.29. The molecule has 56 valence electrons. The molecular weight excluding hydrogens is 124 g/mol. The molecule has 0 bridgehead atoms. The zero-order chi connectivity index (χ0) is 7.61. The molecule has 10 heavy (non-hydrogen) atoms. The van der Waals surface area contributed by atoms with E-state index in [0.717, 1.165) is 18.4 Å². The van der Waals surface area contributed by atoms with Crippen molar-refractivity contribution in [3.63, 3.8) is 0 Å². The van der Waals surface area contributed by atoms with Crippen LogP contribution in [-0.2, 0) is 0 Å². The summed E-state index contributed by atoms with van der Waals surface area (Å²) < 4.78 is 0. The maximum Gasteiger partial charge on any atom is 0.0832 e. The molecule has 0 aromatic rings. The lowest BCUT2D eigenvalue weighted by Gasteiger charge is -2.22. The average Bonchev–Trinajstić information content (AvgIpc) is 2.38. The fourth-order valence-electron chi connectivity index (χ4n) is 1.07. The van der Waals surface area contributed by atoms with E-state index in [4.69, 9.17) is 0 Å². The molecule has 0 spiro atoms. The van der Waals surface area contributed by atoms with E-state index in [9.17, 15) is 5.11 Å². The summed E-state index contributed by atoms with van der Waals surface area (Å²) in [7, 11) is 0. The van der Waals surface area contributed by atoms with Crippen LogP contribution in [-0.4, -0.2) is 10.7 Å². The van der Waals surface area contributed by atoms with Gasteiger partial charge in [0.25, 0.3) is 0 Å². The summed E-state index contributed by atoms with van der Waals surface area (Å²) in [5.74, 6) is 0. The van der Waals surface area contributed by atoms with Crippen molar-refractivity contribution in [2.24, 2.45) is 0 Å². The van der Waals surface area contributed by atoms with Gasteiger partial charge in [-0.25, -0.2) is 0 Å². The van der Waals surface area contributed by atoms with Gasteiger partial charge >= 0.3 is 0 Å². The summed E-state index contributed by atoms with van der Waals surface area (Å²) in [5, 5.41) is 9.71. The number of aliphatic hydroxyl groups is 1. The van der Waals surface area contributed by atoms with E-state index in [1.807, 2.05) is 26.0 Å². The quantitative estimate of drug-likeness (QED) is 0.619. The van der Waals surface area contributed by atoms with E-state index in [1.165, 1.54) is 0 Å². The fourth-order valence-corrected chi connectivity index (χ4v) is 1.07. The number of hydrogen-bond acceptors (Lipinski definition) is 1. The van der Waals surface area contributed by atoms with Gasteiger partial charge in [-0.05, 0) is 25.3 Å². The van der Waals surface area contributed by atoms with E-state index < -0.39 is 5.60 Å². The molecule has 1 N–H and O–H groups in total. The van der Waals surface area contributed by atoms with Gasteiger partial charge < -0.3 is 5.11 Å². The lowest BCUT2D eigenvalue weighted by molar-refractivity contribution is 0.0929. The molecule has 0 aliphatic heterocycles. The van der Waals surface area contributed by atoms with Gasteiger partial charge in [0.15, 0.2) is 0 Å². The van der Waals surface area contributed by atoms with Crippen molar-refractivity contribution in [1.82, 2.24) is 0 Å². The second-order valence-electron chi connectivity index (χ2n) is 2.95. The first kappa shape index (κ1) is 7.55. The normalized spacial score (nSPS) is 22.5. The van der Waals surface area contributed by atoms with E-state index in [-0.39, 0.29) is 0 Å². The zero-order valence-corrected chi connectivity index (χ0v) is 6.59. The molecule has 1 unspecified atom stereocenters. The molecule has 1 atom stereocenters. The predicted octanol–water partition coefficient (Wildman–Crippen LogP) is 2.03. The van der Waals surface area contributed by atoms with Crippen molar-refractivity contribution in [3.05, 3.63) is 23.8 Å². The van der Waals surface area contributed by atoms with Crippen LogP contribution >= 0.6 is 0 Å². The third-order valence-electron chi connectivity index (χ3n) is 2.15. The Balaban J connectivity index is 2.65. The Labute approximate surface area is 62.1 Å². The van der Waals surface area contributed by atoms with Crippen LogP contribution in [0.2, 0.25) is 0 Å². The molecule has 1 heteroatoms. The molecule has 1 aliphatic rings. The van der Waals surface area contributed by atoms with Crippen LogP contribution in [0.25, 0.3) is 0 Å². The lowest BCUT2D eigenvalue weighted by Crippen LogP contribution is -2.24. The molecule has 0 aromatic carbocycles. The molecule has 0 saturated carbocycles. The topological polar surface area (TPSA) is 20.2 Å². The Kier molecular flexibility index (Phi) is 1.95. The van der Waals surface area contributed by atoms with E-state index in [2.05, 4.69) is 6.08 Å². The molecule has 0 saturated heterocycles. The van der Waals surface area contributed by atoms with Crippen LogP contribution in [0.4, 0.5) is 0 Å². The smallest absolute Gasteiger partial charge is 0.0832 e. The van der Waals surface area contributed by atoms with Gasteiger partial charge in [0.1, 0.15) is 0 Å². The van der Waals surface area contributed by atoms with E-state index in [0.29, 0.717) is 0 Å². The van der Waals surface area contributed by atoms with Gasteiger partial charge in [-0.15, -0.1) is 0 Å². The third-order valence-corrected chi connectivity index (χ3v) is 2.15. The monoisotopic (exact) mass is 138 g/mol. The largest absolute Gasteiger partial charge is 0.386 e. The number of allylic oxidation sites excluding steroid dienone is 3. The molecule has 1 nitrogen and oxygen atoms in total. The fraction of sp³-hybridized carbons (Fsp3) is 0.556. The van der Waals surface area contributed by atoms with Crippen molar-refractivity contribution < 1.29 is 5.11 Å². The minimum absolute atomic E-state index is 0.580. The van der Waals surface area contributed by atoms with E-state index in [1.54, 1.807) is 0 Å². The molecule has 1 aliphatic carbocycles. The Morgan fingerprint density at radius 1 is 1.70 bits per heavy atom. The van der Waals surface area contributed by atoms with Crippen LogP contribution in [0.5, 0.6) is 0 Å². The molecular formula is C9H14O. The summed E-state index contributed by atoms with van der Waals surface area (Å²) in [4.78, 5) is 0. The van der Waals surface area contributed by atoms with Crippen molar-refractivity contribution in [2.75, 3.05) is 0 Å². The predicted molar refractivity (Wildman–Crippen MR) is 42.8 cm³/mol. The molecule has 0 heterocycles. The zero-order valence-electron chi connectivity index (χ0n) is 6.59. The van der Waals surface area contributed by atoms with Crippen molar-refractivity contribution in [2.45, 2.75) is 32.3 Å². The third kappa shape index (κ3) is 1.29. The van der Waals surface area contributed by atoms with Crippen LogP contribution in [0.15, 0.2) is 23.8 Å². The summed E-state index contributed by atoms with van der Waals surface area (Å²) in [6.07, 6.45) is 7.78. The highest BCUT2D eigenvalue weighted by Gasteiger charge is 2.22.